The van der Waals surface area contributed by atoms with Crippen LogP contribution in [0.4, 0.5) is 4.79 Å². The van der Waals surface area contributed by atoms with Crippen molar-refractivity contribution in [2.24, 2.45) is 0 Å². The van der Waals surface area contributed by atoms with E-state index >= 15 is 4.79 Å². The third-order valence-electron chi connectivity index (χ3n) is 12.0. The number of hydrogen-bond acceptors (Lipinski definition) is 7. The molecule has 3 aliphatic rings. The molecule has 0 spiro atoms. The van der Waals surface area contributed by atoms with Gasteiger partial charge >= 0.3 is 11.8 Å². The first-order valence-corrected chi connectivity index (χ1v) is 20.4. The maximum atomic E-state index is 15.0. The van der Waals surface area contributed by atoms with Crippen molar-refractivity contribution < 1.29 is 24.2 Å². The molecule has 0 unspecified atom stereocenters. The first-order chi connectivity index (χ1) is 27.9. The lowest BCUT2D eigenvalue weighted by Gasteiger charge is -2.41. The second-order valence-corrected chi connectivity index (χ2v) is 15.6. The highest BCUT2D eigenvalue weighted by molar-refractivity contribution is 5.98. The van der Waals surface area contributed by atoms with Crippen molar-refractivity contribution >= 4 is 28.7 Å². The number of benzene rings is 3. The van der Waals surface area contributed by atoms with Crippen LogP contribution in [0.5, 0.6) is 0 Å². The van der Waals surface area contributed by atoms with Gasteiger partial charge in [0, 0.05) is 44.5 Å². The molecule has 12 heteroatoms. The van der Waals surface area contributed by atoms with Gasteiger partial charge in [-0.3, -0.25) is 13.9 Å². The van der Waals surface area contributed by atoms with Gasteiger partial charge in [-0.15, -0.1) is 0 Å². The van der Waals surface area contributed by atoms with Crippen LogP contribution in [0.1, 0.15) is 79.9 Å². The Kier molecular flexibility index (Phi) is 11.4. The number of allylic oxidation sites excluding steroid dienone is 2. The van der Waals surface area contributed by atoms with Gasteiger partial charge < -0.3 is 28.9 Å². The number of amides is 2. The van der Waals surface area contributed by atoms with Crippen molar-refractivity contribution in [1.29, 1.82) is 0 Å². The predicted octanol–water partition coefficient (Wildman–Crippen LogP) is 7.13. The third-order valence-corrected chi connectivity index (χ3v) is 12.0. The molecule has 1 saturated heterocycles. The van der Waals surface area contributed by atoms with E-state index < -0.39 is 17.7 Å². The molecule has 8 rings (SSSR count). The SMILES string of the molecule is COC[C@]1(O)CCCC[C@H]1n1cnc(C(=O)N2CCN(C(=O)OCc3ccccc3)C[C@H]2CCn2c(=O)n(C3=CCCCC3)c3ccccc32)c1-c1ccccc1. The van der Waals surface area contributed by atoms with Crippen molar-refractivity contribution in [3.8, 4) is 11.3 Å². The monoisotopic (exact) mass is 772 g/mol. The standard InChI is InChI=1S/C45H52N6O6/c1-56-31-45(55)25-14-13-23-39(45)50-32-46-40(41(50)34-17-7-3-8-18-34)42(52)48-28-27-47(44(54)57-30-33-15-5-2-6-16-33)29-36(48)24-26-49-37-21-11-12-22-38(37)51(43(49)53)35-19-9-4-10-20-35/h2-3,5-8,11-12,15-19,21-22,32,36,39,55H,4,9-10,13-14,20,23-31H2,1H3/t36-,39-,45-/m1/s1. The van der Waals surface area contributed by atoms with Gasteiger partial charge in [-0.25, -0.2) is 14.6 Å². The van der Waals surface area contributed by atoms with Crippen molar-refractivity contribution in [1.82, 2.24) is 28.5 Å². The number of hydrogen-bond donors (Lipinski definition) is 1. The van der Waals surface area contributed by atoms with E-state index in [1.54, 1.807) is 18.3 Å². The van der Waals surface area contributed by atoms with E-state index in [1.807, 2.05) is 104 Å². The van der Waals surface area contributed by atoms with E-state index in [1.165, 1.54) is 0 Å². The molecule has 1 saturated carbocycles. The number of fused-ring (bicyclic) bond motifs is 1. The summed E-state index contributed by atoms with van der Waals surface area (Å²) in [6.07, 6.45) is 10.9. The predicted molar refractivity (Wildman–Crippen MR) is 219 cm³/mol. The topological polar surface area (TPSA) is 124 Å². The van der Waals surface area contributed by atoms with Gasteiger partial charge in [-0.2, -0.15) is 0 Å². The first kappa shape index (κ1) is 38.4. The minimum Gasteiger partial charge on any atom is -0.445 e. The van der Waals surface area contributed by atoms with Crippen molar-refractivity contribution in [3.63, 3.8) is 0 Å². The molecule has 3 heterocycles. The number of ether oxygens (including phenoxy) is 2. The zero-order valence-electron chi connectivity index (χ0n) is 32.7. The number of nitrogens with zero attached hydrogens (tertiary/aromatic N) is 6. The number of carbonyl (C=O) groups excluding carboxylic acids is 2. The van der Waals surface area contributed by atoms with Gasteiger partial charge in [0.1, 0.15) is 12.2 Å². The van der Waals surface area contributed by atoms with Crippen LogP contribution in [0.15, 0.2) is 102 Å². The normalized spacial score (nSPS) is 21.4. The summed E-state index contributed by atoms with van der Waals surface area (Å²) in [6, 6.07) is 26.4. The molecular formula is C45H52N6O6. The molecule has 2 aromatic heterocycles. The quantitative estimate of drug-likeness (QED) is 0.152. The minimum atomic E-state index is -1.12. The molecule has 1 N–H and O–H groups in total. The van der Waals surface area contributed by atoms with Crippen molar-refractivity contribution in [2.75, 3.05) is 33.4 Å². The van der Waals surface area contributed by atoms with Gasteiger partial charge in [0.25, 0.3) is 5.91 Å². The van der Waals surface area contributed by atoms with Crippen LogP contribution in [0, 0.1) is 0 Å². The van der Waals surface area contributed by atoms with Crippen LogP contribution in [0.2, 0.25) is 0 Å². The number of aromatic nitrogens is 4. The Bertz CT molecular complexity index is 2280. The van der Waals surface area contributed by atoms with E-state index in [2.05, 4.69) is 6.08 Å². The fraction of sp³-hybridized carbons (Fsp3) is 0.422. The van der Waals surface area contributed by atoms with E-state index in [0.717, 1.165) is 72.8 Å². The Morgan fingerprint density at radius 3 is 2.42 bits per heavy atom. The maximum Gasteiger partial charge on any atom is 0.410 e. The summed E-state index contributed by atoms with van der Waals surface area (Å²) in [5, 5.41) is 11.9. The second-order valence-electron chi connectivity index (χ2n) is 15.6. The number of para-hydroxylation sites is 2. The Labute approximate surface area is 332 Å². The molecule has 3 atom stereocenters. The molecule has 12 nitrogen and oxygen atoms in total. The summed E-state index contributed by atoms with van der Waals surface area (Å²) in [7, 11) is 1.60. The largest absolute Gasteiger partial charge is 0.445 e. The Morgan fingerprint density at radius 1 is 0.912 bits per heavy atom. The molecule has 5 aromatic rings. The number of rotatable bonds is 11. The van der Waals surface area contributed by atoms with Crippen LogP contribution < -0.4 is 5.69 Å². The summed E-state index contributed by atoms with van der Waals surface area (Å²) < 4.78 is 16.9. The van der Waals surface area contributed by atoms with Gasteiger partial charge in [0.15, 0.2) is 5.69 Å². The summed E-state index contributed by atoms with van der Waals surface area (Å²) >= 11 is 0. The van der Waals surface area contributed by atoms with Gasteiger partial charge in [-0.05, 0) is 62.6 Å². The summed E-state index contributed by atoms with van der Waals surface area (Å²) in [5.41, 5.74) is 4.15. The Morgan fingerprint density at radius 2 is 1.67 bits per heavy atom. The van der Waals surface area contributed by atoms with Crippen LogP contribution in [-0.4, -0.2) is 90.6 Å². The van der Waals surface area contributed by atoms with Crippen molar-refractivity contribution in [3.05, 3.63) is 119 Å². The van der Waals surface area contributed by atoms with Crippen LogP contribution >= 0.6 is 0 Å². The minimum absolute atomic E-state index is 0.0988. The zero-order chi connectivity index (χ0) is 39.4. The van der Waals surface area contributed by atoms with E-state index in [4.69, 9.17) is 14.5 Å². The Hall–Kier alpha value is -5.46. The fourth-order valence-corrected chi connectivity index (χ4v) is 9.14. The van der Waals surface area contributed by atoms with Crippen LogP contribution in [0.3, 0.4) is 0 Å². The molecule has 2 amide bonds. The molecule has 3 aromatic carbocycles. The average molecular weight is 773 g/mol. The smallest absolute Gasteiger partial charge is 0.410 e. The van der Waals surface area contributed by atoms with E-state index in [9.17, 15) is 14.7 Å². The lowest BCUT2D eigenvalue weighted by atomic mass is 9.80. The highest BCUT2D eigenvalue weighted by Crippen LogP contribution is 2.41. The van der Waals surface area contributed by atoms with Crippen molar-refractivity contribution in [2.45, 2.75) is 88.6 Å². The number of carbonyl (C=O) groups is 2. The third kappa shape index (κ3) is 7.80. The molecule has 298 valence electrons. The summed E-state index contributed by atoms with van der Waals surface area (Å²) in [6.45, 7) is 1.42. The average Bonchev–Trinajstić information content (AvgIpc) is 3.81. The van der Waals surface area contributed by atoms with E-state index in [-0.39, 0.29) is 56.2 Å². The van der Waals surface area contributed by atoms with Crippen LogP contribution in [-0.2, 0) is 22.6 Å². The Balaban J connectivity index is 1.13. The van der Waals surface area contributed by atoms with Gasteiger partial charge in [0.2, 0.25) is 0 Å². The lowest BCUT2D eigenvalue weighted by molar-refractivity contribution is -0.0893. The number of aryl methyl sites for hydroxylation is 1. The molecule has 1 aliphatic heterocycles. The summed E-state index contributed by atoms with van der Waals surface area (Å²) in [4.78, 5) is 51.1. The first-order valence-electron chi connectivity index (χ1n) is 20.4. The molecule has 2 aliphatic carbocycles. The molecular weight excluding hydrogens is 721 g/mol. The highest BCUT2D eigenvalue weighted by atomic mass is 16.6. The number of piperazine rings is 1. The van der Waals surface area contributed by atoms with E-state index in [0.29, 0.717) is 25.1 Å². The fourth-order valence-electron chi connectivity index (χ4n) is 9.14. The number of aliphatic hydroxyl groups is 1. The number of methoxy groups -OCH3 is 1. The zero-order valence-corrected chi connectivity index (χ0v) is 32.7. The maximum absolute atomic E-state index is 15.0. The number of imidazole rings is 2. The molecule has 0 bridgehead atoms. The second kappa shape index (κ2) is 17.0. The van der Waals surface area contributed by atoms with Gasteiger partial charge in [0.05, 0.1) is 41.7 Å². The van der Waals surface area contributed by atoms with Gasteiger partial charge in [-0.1, -0.05) is 91.7 Å². The summed E-state index contributed by atoms with van der Waals surface area (Å²) in [5.74, 6) is -0.261. The van der Waals surface area contributed by atoms with Crippen LogP contribution in [0.25, 0.3) is 28.0 Å². The lowest BCUT2D eigenvalue weighted by Crippen LogP contribution is -2.57. The molecule has 57 heavy (non-hydrogen) atoms. The molecule has 2 fully saturated rings. The highest BCUT2D eigenvalue weighted by Gasteiger charge is 2.43. The molecule has 0 radical (unpaired) electrons.